The van der Waals surface area contributed by atoms with Gasteiger partial charge in [0.2, 0.25) is 0 Å². The lowest BCUT2D eigenvalue weighted by molar-refractivity contribution is -0.132. The average molecular weight is 399 g/mol. The predicted molar refractivity (Wildman–Crippen MR) is 116 cm³/mol. The van der Waals surface area contributed by atoms with Crippen LogP contribution in [-0.4, -0.2) is 35.9 Å². The maximum Gasteiger partial charge on any atom is 0.300 e. The molecule has 1 N–H and O–H groups in total. The Hall–Kier alpha value is -3.93. The Balaban J connectivity index is 1.92. The number of anilines is 2. The molecule has 2 aromatic carbocycles. The van der Waals surface area contributed by atoms with Crippen molar-refractivity contribution in [1.29, 1.82) is 0 Å². The van der Waals surface area contributed by atoms with Crippen LogP contribution in [0.3, 0.4) is 0 Å². The van der Waals surface area contributed by atoms with Gasteiger partial charge in [-0.1, -0.05) is 36.4 Å². The number of hydrogen-bond donors (Lipinski definition) is 1. The van der Waals surface area contributed by atoms with Crippen molar-refractivity contribution in [2.75, 3.05) is 23.9 Å². The van der Waals surface area contributed by atoms with E-state index in [-0.39, 0.29) is 17.0 Å². The van der Waals surface area contributed by atoms with Crippen molar-refractivity contribution in [2.24, 2.45) is 0 Å². The number of benzene rings is 2. The maximum absolute atomic E-state index is 13.0. The van der Waals surface area contributed by atoms with E-state index in [1.54, 1.807) is 42.5 Å². The molecule has 1 aliphatic rings. The zero-order chi connectivity index (χ0) is 21.3. The van der Waals surface area contributed by atoms with E-state index in [1.165, 1.54) is 11.1 Å². The number of ketones is 1. The number of para-hydroxylation sites is 1. The Morgan fingerprint density at radius 1 is 0.933 bits per heavy atom. The van der Waals surface area contributed by atoms with Crippen molar-refractivity contribution in [3.05, 3.63) is 95.8 Å². The quantitative estimate of drug-likeness (QED) is 0.411. The molecule has 150 valence electrons. The predicted octanol–water partition coefficient (Wildman–Crippen LogP) is 3.77. The lowest BCUT2D eigenvalue weighted by atomic mass is 9.96. The summed E-state index contributed by atoms with van der Waals surface area (Å²) in [5, 5.41) is 11.0. The van der Waals surface area contributed by atoms with Gasteiger partial charge in [-0.2, -0.15) is 0 Å². The SMILES string of the molecule is CN(C)c1ccc(C2/C(=C(/O)c3ccccn3)C(=O)C(=O)N2c2ccccc2)cc1. The summed E-state index contributed by atoms with van der Waals surface area (Å²) in [5.41, 5.74) is 2.57. The Morgan fingerprint density at radius 2 is 1.60 bits per heavy atom. The molecule has 0 spiro atoms. The van der Waals surface area contributed by atoms with E-state index in [0.29, 0.717) is 5.69 Å². The van der Waals surface area contributed by atoms with Crippen molar-refractivity contribution in [3.63, 3.8) is 0 Å². The standard InChI is InChI=1S/C24H21N3O3/c1-26(2)17-13-11-16(12-14-17)21-20(22(28)19-10-6-7-15-25-19)23(29)24(30)27(21)18-8-4-3-5-9-18/h3-15,21,28H,1-2H3/b22-20-. The minimum Gasteiger partial charge on any atom is -0.505 e. The number of Topliss-reactive ketones (excluding diaryl/α,β-unsaturated/α-hetero) is 1. The second kappa shape index (κ2) is 7.83. The number of hydrogen-bond acceptors (Lipinski definition) is 5. The number of aromatic nitrogens is 1. The van der Waals surface area contributed by atoms with E-state index in [9.17, 15) is 14.7 Å². The Kier molecular flexibility index (Phi) is 5.06. The van der Waals surface area contributed by atoms with E-state index in [4.69, 9.17) is 0 Å². The molecule has 6 heteroatoms. The van der Waals surface area contributed by atoms with Crippen LogP contribution in [-0.2, 0) is 9.59 Å². The molecule has 1 aliphatic heterocycles. The lowest BCUT2D eigenvalue weighted by Gasteiger charge is -2.26. The van der Waals surface area contributed by atoms with Gasteiger partial charge in [-0.15, -0.1) is 0 Å². The van der Waals surface area contributed by atoms with E-state index in [1.807, 2.05) is 49.3 Å². The molecule has 1 amide bonds. The first-order valence-electron chi connectivity index (χ1n) is 9.54. The van der Waals surface area contributed by atoms with Gasteiger partial charge >= 0.3 is 0 Å². The summed E-state index contributed by atoms with van der Waals surface area (Å²) >= 11 is 0. The monoisotopic (exact) mass is 399 g/mol. The summed E-state index contributed by atoms with van der Waals surface area (Å²) in [6, 6.07) is 20.9. The number of amides is 1. The zero-order valence-electron chi connectivity index (χ0n) is 16.7. The summed E-state index contributed by atoms with van der Waals surface area (Å²) in [6.45, 7) is 0. The number of carbonyl (C=O) groups is 2. The van der Waals surface area contributed by atoms with E-state index >= 15 is 0 Å². The number of aliphatic hydroxyl groups excluding tert-OH is 1. The summed E-state index contributed by atoms with van der Waals surface area (Å²) in [5.74, 6) is -1.70. The lowest BCUT2D eigenvalue weighted by Crippen LogP contribution is -2.29. The van der Waals surface area contributed by atoms with Crippen LogP contribution >= 0.6 is 0 Å². The molecule has 30 heavy (non-hydrogen) atoms. The van der Waals surface area contributed by atoms with E-state index in [2.05, 4.69) is 4.98 Å². The fourth-order valence-electron chi connectivity index (χ4n) is 3.60. The topological polar surface area (TPSA) is 73.7 Å². The van der Waals surface area contributed by atoms with Gasteiger partial charge in [0.05, 0.1) is 11.6 Å². The summed E-state index contributed by atoms with van der Waals surface area (Å²) in [6.07, 6.45) is 1.53. The van der Waals surface area contributed by atoms with Crippen LogP contribution in [0, 0.1) is 0 Å². The van der Waals surface area contributed by atoms with Crippen molar-refractivity contribution < 1.29 is 14.7 Å². The first-order chi connectivity index (χ1) is 14.5. The molecule has 6 nitrogen and oxygen atoms in total. The van der Waals surface area contributed by atoms with Gasteiger partial charge in [0.15, 0.2) is 5.76 Å². The van der Waals surface area contributed by atoms with Crippen LogP contribution in [0.2, 0.25) is 0 Å². The zero-order valence-corrected chi connectivity index (χ0v) is 16.7. The van der Waals surface area contributed by atoms with Crippen LogP contribution in [0.1, 0.15) is 17.3 Å². The molecule has 0 bridgehead atoms. The van der Waals surface area contributed by atoms with Gasteiger partial charge in [-0.05, 0) is 42.0 Å². The summed E-state index contributed by atoms with van der Waals surface area (Å²) in [7, 11) is 3.87. The molecule has 1 atom stereocenters. The third kappa shape index (κ3) is 3.33. The molecule has 0 saturated carbocycles. The minimum absolute atomic E-state index is 0.0279. The average Bonchev–Trinajstić information content (AvgIpc) is 3.05. The highest BCUT2D eigenvalue weighted by Gasteiger charge is 2.47. The molecule has 1 saturated heterocycles. The summed E-state index contributed by atoms with van der Waals surface area (Å²) < 4.78 is 0. The first kappa shape index (κ1) is 19.4. The second-order valence-electron chi connectivity index (χ2n) is 7.21. The highest BCUT2D eigenvalue weighted by molar-refractivity contribution is 6.51. The number of pyridine rings is 1. The molecular weight excluding hydrogens is 378 g/mol. The molecule has 3 aromatic rings. The Bertz CT molecular complexity index is 1110. The van der Waals surface area contributed by atoms with Crippen LogP contribution in [0.5, 0.6) is 0 Å². The number of aliphatic hydroxyl groups is 1. The van der Waals surface area contributed by atoms with Crippen LogP contribution in [0.15, 0.2) is 84.6 Å². The molecule has 1 aromatic heterocycles. The number of carbonyl (C=O) groups excluding carboxylic acids is 2. The minimum atomic E-state index is -0.759. The Morgan fingerprint density at radius 3 is 2.20 bits per heavy atom. The van der Waals surface area contributed by atoms with Gasteiger partial charge < -0.3 is 10.0 Å². The molecule has 0 radical (unpaired) electrons. The van der Waals surface area contributed by atoms with E-state index < -0.39 is 17.7 Å². The van der Waals surface area contributed by atoms with Gasteiger partial charge in [0.1, 0.15) is 5.69 Å². The number of rotatable bonds is 4. The fraction of sp³-hybridized carbons (Fsp3) is 0.125. The van der Waals surface area contributed by atoms with Crippen LogP contribution in [0.25, 0.3) is 5.76 Å². The largest absolute Gasteiger partial charge is 0.505 e. The van der Waals surface area contributed by atoms with Crippen molar-refractivity contribution in [3.8, 4) is 0 Å². The van der Waals surface area contributed by atoms with Gasteiger partial charge in [-0.3, -0.25) is 19.5 Å². The van der Waals surface area contributed by atoms with Crippen molar-refractivity contribution in [2.45, 2.75) is 6.04 Å². The molecule has 0 aliphatic carbocycles. The molecular formula is C24H21N3O3. The van der Waals surface area contributed by atoms with Gasteiger partial charge in [-0.25, -0.2) is 0 Å². The smallest absolute Gasteiger partial charge is 0.300 e. The summed E-state index contributed by atoms with van der Waals surface area (Å²) in [4.78, 5) is 33.6. The third-order valence-corrected chi connectivity index (χ3v) is 5.11. The second-order valence-corrected chi connectivity index (χ2v) is 7.21. The molecule has 4 rings (SSSR count). The maximum atomic E-state index is 13.0. The molecule has 1 fully saturated rings. The van der Waals surface area contributed by atoms with Gasteiger partial charge in [0, 0.05) is 31.7 Å². The normalized spacial score (nSPS) is 17.9. The van der Waals surface area contributed by atoms with Crippen LogP contribution < -0.4 is 9.80 Å². The molecule has 1 unspecified atom stereocenters. The first-order valence-corrected chi connectivity index (χ1v) is 9.54. The molecule has 2 heterocycles. The van der Waals surface area contributed by atoms with E-state index in [0.717, 1.165) is 11.3 Å². The van der Waals surface area contributed by atoms with Crippen molar-refractivity contribution in [1.82, 2.24) is 4.98 Å². The number of nitrogens with zero attached hydrogens (tertiary/aromatic N) is 3. The highest BCUT2D eigenvalue weighted by atomic mass is 16.3. The third-order valence-electron chi connectivity index (χ3n) is 5.11. The van der Waals surface area contributed by atoms with Crippen molar-refractivity contribution >= 4 is 28.8 Å². The fourth-order valence-corrected chi connectivity index (χ4v) is 3.60. The highest BCUT2D eigenvalue weighted by Crippen LogP contribution is 2.42. The van der Waals surface area contributed by atoms with Gasteiger partial charge in [0.25, 0.3) is 11.7 Å². The Labute approximate surface area is 174 Å². The van der Waals surface area contributed by atoms with Crippen LogP contribution in [0.4, 0.5) is 11.4 Å².